The van der Waals surface area contributed by atoms with Crippen LogP contribution in [0, 0.1) is 0 Å². The molecule has 0 aliphatic rings. The van der Waals surface area contributed by atoms with E-state index in [4.69, 9.17) is 9.84 Å². The Labute approximate surface area is 114 Å². The quantitative estimate of drug-likeness (QED) is 0.825. The van der Waals surface area contributed by atoms with Crippen LogP contribution in [0.5, 0.6) is 5.75 Å². The number of carboxylic acids is 1. The lowest BCUT2D eigenvalue weighted by Crippen LogP contribution is -2.14. The predicted octanol–water partition coefficient (Wildman–Crippen LogP) is 3.57. The highest BCUT2D eigenvalue weighted by atomic mass is 16.5. The molecule has 0 radical (unpaired) electrons. The van der Waals surface area contributed by atoms with E-state index < -0.39 is 5.97 Å². The van der Waals surface area contributed by atoms with Gasteiger partial charge in [0.2, 0.25) is 0 Å². The molecule has 19 heavy (non-hydrogen) atoms. The summed E-state index contributed by atoms with van der Waals surface area (Å²) in [5.74, 6) is -0.138. The summed E-state index contributed by atoms with van der Waals surface area (Å²) >= 11 is 0. The van der Waals surface area contributed by atoms with Crippen molar-refractivity contribution in [1.82, 2.24) is 0 Å². The highest BCUT2D eigenvalue weighted by Gasteiger charge is 2.19. The molecule has 1 aromatic rings. The molecule has 1 N–H and O–H groups in total. The van der Waals surface area contributed by atoms with Crippen LogP contribution in [-0.2, 0) is 16.6 Å². The maximum atomic E-state index is 10.4. The number of benzene rings is 1. The molecule has 3 heteroatoms. The molecular weight excluding hydrogens is 240 g/mol. The Morgan fingerprint density at radius 2 is 2.05 bits per heavy atom. The maximum absolute atomic E-state index is 10.4. The van der Waals surface area contributed by atoms with E-state index in [2.05, 4.69) is 33.8 Å². The minimum Gasteiger partial charge on any atom is -0.489 e. The van der Waals surface area contributed by atoms with Crippen LogP contribution in [-0.4, -0.2) is 17.7 Å². The molecule has 1 aromatic carbocycles. The fourth-order valence-electron chi connectivity index (χ4n) is 1.80. The average Bonchev–Trinajstić information content (AvgIpc) is 2.33. The van der Waals surface area contributed by atoms with Crippen molar-refractivity contribution >= 4 is 5.97 Å². The van der Waals surface area contributed by atoms with Crippen LogP contribution in [0.25, 0.3) is 0 Å². The van der Waals surface area contributed by atoms with Gasteiger partial charge in [-0.15, -0.1) is 0 Å². The molecule has 0 saturated carbocycles. The number of aliphatic carboxylic acids is 1. The Morgan fingerprint density at radius 1 is 1.37 bits per heavy atom. The number of carbonyl (C=O) groups is 1. The van der Waals surface area contributed by atoms with E-state index in [0.717, 1.165) is 23.8 Å². The molecule has 0 bridgehead atoms. The molecule has 0 fully saturated rings. The zero-order chi connectivity index (χ0) is 14.5. The lowest BCUT2D eigenvalue weighted by molar-refractivity contribution is -0.131. The molecule has 1 rings (SSSR count). The molecule has 0 saturated heterocycles. The lowest BCUT2D eigenvalue weighted by atomic mass is 9.85. The van der Waals surface area contributed by atoms with Gasteiger partial charge in [-0.3, -0.25) is 0 Å². The van der Waals surface area contributed by atoms with Gasteiger partial charge in [0.15, 0.2) is 0 Å². The molecule has 0 spiro atoms. The second kappa shape index (κ2) is 6.41. The Bertz CT molecular complexity index is 467. The molecule has 0 unspecified atom stereocenters. The number of rotatable bonds is 5. The van der Waals surface area contributed by atoms with Crippen LogP contribution < -0.4 is 4.74 Å². The smallest absolute Gasteiger partial charge is 0.328 e. The van der Waals surface area contributed by atoms with Crippen LogP contribution >= 0.6 is 0 Å². The van der Waals surface area contributed by atoms with Gasteiger partial charge >= 0.3 is 5.97 Å². The zero-order valence-electron chi connectivity index (χ0n) is 12.1. The van der Waals surface area contributed by atoms with Crippen LogP contribution in [0.4, 0.5) is 0 Å². The Hall–Kier alpha value is -1.77. The highest BCUT2D eigenvalue weighted by molar-refractivity contribution is 5.79. The Morgan fingerprint density at radius 3 is 2.58 bits per heavy atom. The van der Waals surface area contributed by atoms with Gasteiger partial charge in [-0.1, -0.05) is 39.8 Å². The van der Waals surface area contributed by atoms with E-state index in [0.29, 0.717) is 0 Å². The minimum absolute atomic E-state index is 0.00295. The van der Waals surface area contributed by atoms with Gasteiger partial charge in [-0.25, -0.2) is 4.79 Å². The fourth-order valence-corrected chi connectivity index (χ4v) is 1.80. The normalized spacial score (nSPS) is 11.8. The molecule has 0 aromatic heterocycles. The molecule has 104 valence electrons. The molecular formula is C16H22O3. The van der Waals surface area contributed by atoms with Crippen molar-refractivity contribution in [2.24, 2.45) is 0 Å². The topological polar surface area (TPSA) is 46.5 Å². The second-order valence-electron chi connectivity index (χ2n) is 5.49. The second-order valence-corrected chi connectivity index (χ2v) is 5.49. The summed E-state index contributed by atoms with van der Waals surface area (Å²) in [7, 11) is 0. The van der Waals surface area contributed by atoms with Crippen molar-refractivity contribution in [3.8, 4) is 5.75 Å². The van der Waals surface area contributed by atoms with E-state index in [1.165, 1.54) is 11.6 Å². The predicted molar refractivity (Wildman–Crippen MR) is 76.8 cm³/mol. The number of carboxylic acid groups (broad SMARTS) is 1. The van der Waals surface area contributed by atoms with Crippen LogP contribution in [0.15, 0.2) is 30.4 Å². The van der Waals surface area contributed by atoms with Gasteiger partial charge in [0, 0.05) is 6.08 Å². The van der Waals surface area contributed by atoms with Gasteiger partial charge < -0.3 is 9.84 Å². The van der Waals surface area contributed by atoms with Gasteiger partial charge in [-0.2, -0.15) is 0 Å². The van der Waals surface area contributed by atoms with Crippen LogP contribution in [0.3, 0.4) is 0 Å². The fraction of sp³-hybridized carbons (Fsp3) is 0.438. The van der Waals surface area contributed by atoms with Crippen molar-refractivity contribution < 1.29 is 14.6 Å². The molecule has 0 aliphatic heterocycles. The average molecular weight is 262 g/mol. The summed E-state index contributed by atoms with van der Waals surface area (Å²) in [6, 6.07) is 6.18. The van der Waals surface area contributed by atoms with E-state index in [9.17, 15) is 4.79 Å². The van der Waals surface area contributed by atoms with Gasteiger partial charge in [0.05, 0.1) is 0 Å². The van der Waals surface area contributed by atoms with Crippen molar-refractivity contribution in [3.63, 3.8) is 0 Å². The number of ether oxygens (including phenoxy) is 1. The first-order valence-electron chi connectivity index (χ1n) is 6.50. The summed E-state index contributed by atoms with van der Waals surface area (Å²) < 4.78 is 5.66. The first kappa shape index (κ1) is 15.3. The summed E-state index contributed by atoms with van der Waals surface area (Å²) in [5.41, 5.74) is 2.42. The minimum atomic E-state index is -0.957. The Balaban J connectivity index is 2.91. The third kappa shape index (κ3) is 4.78. The summed E-state index contributed by atoms with van der Waals surface area (Å²) in [4.78, 5) is 10.4. The molecule has 0 heterocycles. The van der Waals surface area contributed by atoms with Crippen LogP contribution in [0.1, 0.15) is 38.8 Å². The van der Waals surface area contributed by atoms with Crippen molar-refractivity contribution in [3.05, 3.63) is 41.5 Å². The Kier molecular flexibility index (Phi) is 5.16. The van der Waals surface area contributed by atoms with E-state index in [1.807, 2.05) is 12.1 Å². The third-order valence-corrected chi connectivity index (χ3v) is 2.86. The highest BCUT2D eigenvalue weighted by Crippen LogP contribution is 2.32. The SMILES string of the molecule is CCc1ccc(OCC=CC(=O)O)c(C(C)(C)C)c1. The van der Waals surface area contributed by atoms with E-state index >= 15 is 0 Å². The maximum Gasteiger partial charge on any atom is 0.328 e. The number of aryl methyl sites for hydroxylation is 1. The summed E-state index contributed by atoms with van der Waals surface area (Å²) in [6.45, 7) is 8.81. The third-order valence-electron chi connectivity index (χ3n) is 2.86. The molecule has 0 aliphatic carbocycles. The monoisotopic (exact) mass is 262 g/mol. The van der Waals surface area contributed by atoms with Gasteiger partial charge in [0.1, 0.15) is 12.4 Å². The van der Waals surface area contributed by atoms with Crippen LogP contribution in [0.2, 0.25) is 0 Å². The van der Waals surface area contributed by atoms with Crippen molar-refractivity contribution in [2.45, 2.75) is 39.5 Å². The zero-order valence-corrected chi connectivity index (χ0v) is 12.1. The standard InChI is InChI=1S/C16H22O3/c1-5-12-8-9-14(13(11-12)16(2,3)4)19-10-6-7-15(17)18/h6-9,11H,5,10H2,1-4H3,(H,17,18). The first-order chi connectivity index (χ1) is 8.84. The van der Waals surface area contributed by atoms with Gasteiger partial charge in [0.25, 0.3) is 0 Å². The number of hydrogen-bond donors (Lipinski definition) is 1. The van der Waals surface area contributed by atoms with E-state index in [-0.39, 0.29) is 12.0 Å². The molecule has 0 atom stereocenters. The van der Waals surface area contributed by atoms with Crippen molar-refractivity contribution in [2.75, 3.05) is 6.61 Å². The first-order valence-corrected chi connectivity index (χ1v) is 6.50. The largest absolute Gasteiger partial charge is 0.489 e. The lowest BCUT2D eigenvalue weighted by Gasteiger charge is -2.23. The van der Waals surface area contributed by atoms with E-state index in [1.54, 1.807) is 0 Å². The molecule has 0 amide bonds. The summed E-state index contributed by atoms with van der Waals surface area (Å²) in [5, 5.41) is 8.52. The number of hydrogen-bond acceptors (Lipinski definition) is 2. The molecule has 3 nitrogen and oxygen atoms in total. The van der Waals surface area contributed by atoms with Gasteiger partial charge in [-0.05, 0) is 35.1 Å². The summed E-state index contributed by atoms with van der Waals surface area (Å²) in [6.07, 6.45) is 3.59. The van der Waals surface area contributed by atoms with Crippen molar-refractivity contribution in [1.29, 1.82) is 0 Å².